The second-order valence-corrected chi connectivity index (χ2v) is 2.06. The van der Waals surface area contributed by atoms with Gasteiger partial charge in [0.1, 0.15) is 0 Å². The maximum atomic E-state index is 10.1. The molecule has 4 N–H and O–H groups in total. The van der Waals surface area contributed by atoms with Crippen LogP contribution in [-0.2, 0) is 9.59 Å². The zero-order valence-corrected chi connectivity index (χ0v) is 5.84. The van der Waals surface area contributed by atoms with Gasteiger partial charge in [-0.05, 0) is 0 Å². The number of thiol groups is 1. The van der Waals surface area contributed by atoms with E-state index in [-0.39, 0.29) is 0 Å². The molecule has 0 heterocycles. The van der Waals surface area contributed by atoms with Crippen LogP contribution in [0.3, 0.4) is 0 Å². The Balaban J connectivity index is 4.55. The molecule has 0 aromatic carbocycles. The quantitative estimate of drug-likeness (QED) is 0.310. The van der Waals surface area contributed by atoms with Crippen LogP contribution >= 0.6 is 12.6 Å². The van der Waals surface area contributed by atoms with Crippen LogP contribution in [0.4, 0.5) is 0 Å². The van der Waals surface area contributed by atoms with E-state index in [4.69, 9.17) is 15.9 Å². The summed E-state index contributed by atoms with van der Waals surface area (Å²) < 4.78 is 0. The zero-order chi connectivity index (χ0) is 8.36. The van der Waals surface area contributed by atoms with Gasteiger partial charge < -0.3 is 15.9 Å². The summed E-state index contributed by atoms with van der Waals surface area (Å²) in [5.74, 6) is -3.61. The molecule has 0 amide bonds. The standard InChI is InChI=1S/C4H7NO4S/c5-4(1-10,2(6)7)3(8)9/h10H,1,5H2,(H,6,7)(H,8,9). The number of hydrogen-bond acceptors (Lipinski definition) is 4. The van der Waals surface area contributed by atoms with E-state index in [1.54, 1.807) is 0 Å². The Morgan fingerprint density at radius 2 is 1.70 bits per heavy atom. The van der Waals surface area contributed by atoms with Crippen LogP contribution in [0.5, 0.6) is 0 Å². The molecular weight excluding hydrogens is 158 g/mol. The third-order valence-corrected chi connectivity index (χ3v) is 1.51. The first kappa shape index (κ1) is 9.25. The minimum atomic E-state index is -2.26. The van der Waals surface area contributed by atoms with Gasteiger partial charge in [-0.15, -0.1) is 0 Å². The summed E-state index contributed by atoms with van der Waals surface area (Å²) in [5, 5.41) is 16.5. The fourth-order valence-corrected chi connectivity index (χ4v) is 0.497. The number of nitrogens with two attached hydrogens (primary N) is 1. The van der Waals surface area contributed by atoms with Gasteiger partial charge in [-0.3, -0.25) is 0 Å². The predicted octanol–water partition coefficient (Wildman–Crippen LogP) is -1.22. The van der Waals surface area contributed by atoms with Crippen LogP contribution in [0.2, 0.25) is 0 Å². The number of carbonyl (C=O) groups is 2. The molecule has 0 rings (SSSR count). The Morgan fingerprint density at radius 1 is 1.40 bits per heavy atom. The summed E-state index contributed by atoms with van der Waals surface area (Å²) in [7, 11) is 0. The average molecular weight is 165 g/mol. The van der Waals surface area contributed by atoms with Crippen LogP contribution in [0.25, 0.3) is 0 Å². The van der Waals surface area contributed by atoms with Crippen molar-refractivity contribution < 1.29 is 19.8 Å². The molecule has 0 aromatic rings. The molecule has 0 aliphatic heterocycles. The van der Waals surface area contributed by atoms with Crippen LogP contribution in [0.1, 0.15) is 0 Å². The van der Waals surface area contributed by atoms with E-state index in [9.17, 15) is 9.59 Å². The Labute approximate surface area is 62.2 Å². The molecule has 0 radical (unpaired) electrons. The van der Waals surface area contributed by atoms with Gasteiger partial charge in [-0.1, -0.05) is 0 Å². The molecule has 0 saturated heterocycles. The maximum absolute atomic E-state index is 10.1. The monoisotopic (exact) mass is 165 g/mol. The number of rotatable bonds is 3. The van der Waals surface area contributed by atoms with Crippen molar-refractivity contribution in [3.05, 3.63) is 0 Å². The first-order valence-electron chi connectivity index (χ1n) is 2.31. The van der Waals surface area contributed by atoms with Crippen LogP contribution < -0.4 is 5.73 Å². The van der Waals surface area contributed by atoms with Crippen molar-refractivity contribution in [2.75, 3.05) is 5.75 Å². The molecule has 0 saturated carbocycles. The lowest BCUT2D eigenvalue weighted by Crippen LogP contribution is -2.56. The second-order valence-electron chi connectivity index (χ2n) is 1.74. The zero-order valence-electron chi connectivity index (χ0n) is 4.94. The molecular formula is C4H7NO4S. The second kappa shape index (κ2) is 2.89. The lowest BCUT2D eigenvalue weighted by Gasteiger charge is -2.15. The molecule has 5 nitrogen and oxygen atoms in total. The summed E-state index contributed by atoms with van der Waals surface area (Å²) in [5.41, 5.74) is 2.65. The fourth-order valence-electron chi connectivity index (χ4n) is 0.227. The Bertz CT molecular complexity index is 155. The summed E-state index contributed by atoms with van der Waals surface area (Å²) in [4.78, 5) is 20.3. The number of hydrogen-bond donors (Lipinski definition) is 4. The molecule has 58 valence electrons. The highest BCUT2D eigenvalue weighted by Gasteiger charge is 2.41. The van der Waals surface area contributed by atoms with E-state index < -0.39 is 23.2 Å². The molecule has 0 atom stereocenters. The smallest absolute Gasteiger partial charge is 0.336 e. The van der Waals surface area contributed by atoms with Gasteiger partial charge in [0.25, 0.3) is 0 Å². The molecule has 0 aliphatic carbocycles. The largest absolute Gasteiger partial charge is 0.479 e. The van der Waals surface area contributed by atoms with Crippen LogP contribution in [-0.4, -0.2) is 33.4 Å². The number of aliphatic carboxylic acids is 2. The first-order chi connectivity index (χ1) is 4.45. The van der Waals surface area contributed by atoms with Crippen molar-refractivity contribution in [3.63, 3.8) is 0 Å². The molecule has 0 aromatic heterocycles. The highest BCUT2D eigenvalue weighted by Crippen LogP contribution is 2.02. The van der Waals surface area contributed by atoms with E-state index in [0.717, 1.165) is 0 Å². The molecule has 0 spiro atoms. The van der Waals surface area contributed by atoms with E-state index in [2.05, 4.69) is 12.6 Å². The molecule has 10 heavy (non-hydrogen) atoms. The number of carboxylic acids is 2. The molecule has 6 heteroatoms. The lowest BCUT2D eigenvalue weighted by atomic mass is 10.1. The highest BCUT2D eigenvalue weighted by atomic mass is 32.1. The van der Waals surface area contributed by atoms with Gasteiger partial charge >= 0.3 is 11.9 Å². The lowest BCUT2D eigenvalue weighted by molar-refractivity contribution is -0.155. The summed E-state index contributed by atoms with van der Waals surface area (Å²) in [6.07, 6.45) is 0. The van der Waals surface area contributed by atoms with Crippen LogP contribution in [0, 0.1) is 0 Å². The third kappa shape index (κ3) is 1.39. The van der Waals surface area contributed by atoms with Gasteiger partial charge in [0, 0.05) is 5.75 Å². The van der Waals surface area contributed by atoms with E-state index in [1.807, 2.05) is 0 Å². The molecule has 0 bridgehead atoms. The van der Waals surface area contributed by atoms with Crippen molar-refractivity contribution >= 4 is 24.6 Å². The Kier molecular flexibility index (Phi) is 2.67. The first-order valence-corrected chi connectivity index (χ1v) is 2.95. The SMILES string of the molecule is NC(CS)(C(=O)O)C(=O)O. The van der Waals surface area contributed by atoms with Gasteiger partial charge in [-0.25, -0.2) is 9.59 Å². The summed E-state index contributed by atoms with van der Waals surface area (Å²) >= 11 is 3.49. The van der Waals surface area contributed by atoms with Gasteiger partial charge in [0.2, 0.25) is 5.54 Å². The minimum absolute atomic E-state index is 0.433. The van der Waals surface area contributed by atoms with E-state index in [1.165, 1.54) is 0 Å². The van der Waals surface area contributed by atoms with Gasteiger partial charge in [0.05, 0.1) is 0 Å². The average Bonchev–Trinajstić information content (AvgIpc) is 1.85. The topological polar surface area (TPSA) is 101 Å². The van der Waals surface area contributed by atoms with Crippen molar-refractivity contribution in [1.82, 2.24) is 0 Å². The predicted molar refractivity (Wildman–Crippen MR) is 36.0 cm³/mol. The fraction of sp³-hybridized carbons (Fsp3) is 0.500. The third-order valence-electron chi connectivity index (χ3n) is 1.01. The van der Waals surface area contributed by atoms with E-state index >= 15 is 0 Å². The summed E-state index contributed by atoms with van der Waals surface area (Å²) in [6, 6.07) is 0. The van der Waals surface area contributed by atoms with Crippen molar-refractivity contribution in [2.45, 2.75) is 5.54 Å². The molecule has 0 fully saturated rings. The van der Waals surface area contributed by atoms with E-state index in [0.29, 0.717) is 0 Å². The van der Waals surface area contributed by atoms with Crippen molar-refractivity contribution in [1.29, 1.82) is 0 Å². The maximum Gasteiger partial charge on any atom is 0.336 e. The normalized spacial score (nSPS) is 11.0. The summed E-state index contributed by atoms with van der Waals surface area (Å²) in [6.45, 7) is 0. The highest BCUT2D eigenvalue weighted by molar-refractivity contribution is 7.80. The van der Waals surface area contributed by atoms with Gasteiger partial charge in [0.15, 0.2) is 0 Å². The number of carboxylic acid groups (broad SMARTS) is 2. The minimum Gasteiger partial charge on any atom is -0.479 e. The molecule has 0 unspecified atom stereocenters. The Morgan fingerprint density at radius 3 is 1.70 bits per heavy atom. The Hall–Kier alpha value is -0.750. The van der Waals surface area contributed by atoms with Crippen molar-refractivity contribution in [2.24, 2.45) is 5.73 Å². The van der Waals surface area contributed by atoms with Crippen LogP contribution in [0.15, 0.2) is 0 Å². The van der Waals surface area contributed by atoms with Crippen molar-refractivity contribution in [3.8, 4) is 0 Å². The van der Waals surface area contributed by atoms with Gasteiger partial charge in [-0.2, -0.15) is 12.6 Å². The molecule has 0 aliphatic rings.